The molecular weight excluding hydrogens is 144 g/mol. The fraction of sp³-hybridized carbons (Fsp3) is 0. The average Bonchev–Trinajstić information content (AvgIpc) is 2.12. The Morgan fingerprint density at radius 2 is 2.62 bits per heavy atom. The van der Waals surface area contributed by atoms with Crippen molar-refractivity contribution in [2.75, 3.05) is 0 Å². The topological polar surface area (TPSA) is 36.7 Å². The predicted molar refractivity (Wildman–Crippen MR) is 34.8 cm³/mol. The summed E-state index contributed by atoms with van der Waals surface area (Å²) < 4.78 is 0. The Bertz CT molecular complexity index is 182. The summed E-state index contributed by atoms with van der Waals surface area (Å²) in [7, 11) is 0. The van der Waals surface area contributed by atoms with Gasteiger partial charge in [0, 0.05) is 5.38 Å². The van der Waals surface area contributed by atoms with Gasteiger partial charge >= 0.3 is 0 Å². The van der Waals surface area contributed by atoms with Crippen LogP contribution in [0.2, 0.25) is 0 Å². The predicted octanol–water partition coefficient (Wildman–Crippen LogP) is 1.71. The summed E-state index contributed by atoms with van der Waals surface area (Å²) in [5, 5.41) is 8.60. The van der Waals surface area contributed by atoms with Crippen LogP contribution in [0.15, 0.2) is 10.9 Å². The number of thiazole rings is 1. The Kier molecular flexibility index (Phi) is 1.60. The minimum atomic E-state index is 0.00579. The second kappa shape index (κ2) is 2.24. The Morgan fingerprint density at radius 3 is 2.88 bits per heavy atom. The highest BCUT2D eigenvalue weighted by molar-refractivity contribution is 7.08. The van der Waals surface area contributed by atoms with Crippen molar-refractivity contribution in [2.24, 2.45) is 0 Å². The van der Waals surface area contributed by atoms with Crippen LogP contribution in [-0.2, 0) is 0 Å². The standard InChI is InChI=1S/C4H3ClN2S/c5-4(6)3-1-8-2-7-3/h1-2,6H. The van der Waals surface area contributed by atoms with Gasteiger partial charge in [0.2, 0.25) is 0 Å². The van der Waals surface area contributed by atoms with Crippen LogP contribution < -0.4 is 0 Å². The Morgan fingerprint density at radius 1 is 1.88 bits per heavy atom. The van der Waals surface area contributed by atoms with Crippen molar-refractivity contribution in [3.8, 4) is 0 Å². The summed E-state index contributed by atoms with van der Waals surface area (Å²) in [5.74, 6) is 0. The Hall–Kier alpha value is -0.410. The molecule has 0 aliphatic rings. The summed E-state index contributed by atoms with van der Waals surface area (Å²) in [5.41, 5.74) is 2.20. The largest absolute Gasteiger partial charge is 0.287 e. The minimum Gasteiger partial charge on any atom is -0.287 e. The second-order valence-electron chi connectivity index (χ2n) is 1.19. The van der Waals surface area contributed by atoms with Crippen molar-refractivity contribution in [3.05, 3.63) is 16.6 Å². The van der Waals surface area contributed by atoms with Crippen LogP contribution in [0.3, 0.4) is 0 Å². The molecule has 0 radical (unpaired) electrons. The average molecular weight is 147 g/mol. The molecule has 0 amide bonds. The first kappa shape index (κ1) is 5.72. The van der Waals surface area contributed by atoms with E-state index in [0.29, 0.717) is 5.69 Å². The molecule has 0 spiro atoms. The van der Waals surface area contributed by atoms with Crippen LogP contribution in [0.25, 0.3) is 0 Å². The van der Waals surface area contributed by atoms with Gasteiger partial charge in [-0.2, -0.15) is 0 Å². The number of aromatic nitrogens is 1. The van der Waals surface area contributed by atoms with Gasteiger partial charge in [-0.15, -0.1) is 11.3 Å². The van der Waals surface area contributed by atoms with E-state index < -0.39 is 0 Å². The van der Waals surface area contributed by atoms with E-state index in [9.17, 15) is 0 Å². The molecule has 8 heavy (non-hydrogen) atoms. The molecule has 0 atom stereocenters. The first-order valence-corrected chi connectivity index (χ1v) is 3.25. The summed E-state index contributed by atoms with van der Waals surface area (Å²) in [6.07, 6.45) is 0. The smallest absolute Gasteiger partial charge is 0.147 e. The van der Waals surface area contributed by atoms with Gasteiger partial charge < -0.3 is 0 Å². The van der Waals surface area contributed by atoms with Crippen molar-refractivity contribution in [1.82, 2.24) is 4.98 Å². The number of halogens is 1. The third-order valence-corrected chi connectivity index (χ3v) is 1.44. The third-order valence-electron chi connectivity index (χ3n) is 0.657. The van der Waals surface area contributed by atoms with Crippen LogP contribution in [0, 0.1) is 5.41 Å². The van der Waals surface area contributed by atoms with Crippen molar-refractivity contribution >= 4 is 28.1 Å². The van der Waals surface area contributed by atoms with Gasteiger partial charge in [0.25, 0.3) is 0 Å². The molecule has 1 aromatic rings. The van der Waals surface area contributed by atoms with E-state index >= 15 is 0 Å². The molecule has 0 bridgehead atoms. The molecule has 0 aliphatic heterocycles. The van der Waals surface area contributed by atoms with Gasteiger partial charge in [-0.1, -0.05) is 11.6 Å². The first-order valence-electron chi connectivity index (χ1n) is 1.93. The summed E-state index contributed by atoms with van der Waals surface area (Å²) in [4.78, 5) is 3.78. The molecule has 2 nitrogen and oxygen atoms in total. The molecular formula is C4H3ClN2S. The Labute approximate surface area is 55.6 Å². The van der Waals surface area contributed by atoms with E-state index in [1.54, 1.807) is 10.9 Å². The van der Waals surface area contributed by atoms with Gasteiger partial charge in [0.05, 0.1) is 5.51 Å². The highest BCUT2D eigenvalue weighted by Crippen LogP contribution is 2.02. The minimum absolute atomic E-state index is 0.00579. The van der Waals surface area contributed by atoms with Crippen LogP contribution in [0.1, 0.15) is 5.69 Å². The molecule has 0 saturated carbocycles. The number of nitrogens with zero attached hydrogens (tertiary/aromatic N) is 1. The molecule has 0 saturated heterocycles. The lowest BCUT2D eigenvalue weighted by Crippen LogP contribution is -1.85. The maximum absolute atomic E-state index is 6.86. The van der Waals surface area contributed by atoms with E-state index in [0.717, 1.165) is 0 Å². The number of hydrogen-bond donors (Lipinski definition) is 1. The van der Waals surface area contributed by atoms with Crippen LogP contribution in [0.5, 0.6) is 0 Å². The lowest BCUT2D eigenvalue weighted by molar-refractivity contribution is 1.37. The monoisotopic (exact) mass is 146 g/mol. The lowest BCUT2D eigenvalue weighted by atomic mass is 10.5. The highest BCUT2D eigenvalue weighted by atomic mass is 35.5. The number of hydrogen-bond acceptors (Lipinski definition) is 3. The van der Waals surface area contributed by atoms with Crippen LogP contribution in [0.4, 0.5) is 0 Å². The van der Waals surface area contributed by atoms with Crippen LogP contribution in [-0.4, -0.2) is 10.2 Å². The highest BCUT2D eigenvalue weighted by Gasteiger charge is 1.95. The molecule has 1 heterocycles. The molecule has 0 fully saturated rings. The zero-order valence-electron chi connectivity index (χ0n) is 3.89. The summed E-state index contributed by atoms with van der Waals surface area (Å²) >= 11 is 6.70. The molecule has 0 aromatic carbocycles. The van der Waals surface area contributed by atoms with Crippen molar-refractivity contribution in [3.63, 3.8) is 0 Å². The molecule has 42 valence electrons. The van der Waals surface area contributed by atoms with Crippen molar-refractivity contribution in [1.29, 1.82) is 5.41 Å². The lowest BCUT2D eigenvalue weighted by Gasteiger charge is -1.80. The maximum Gasteiger partial charge on any atom is 0.147 e. The molecule has 4 heteroatoms. The van der Waals surface area contributed by atoms with E-state index in [-0.39, 0.29) is 5.17 Å². The zero-order valence-corrected chi connectivity index (χ0v) is 5.46. The number of nitrogens with one attached hydrogen (secondary N) is 1. The SMILES string of the molecule is N=C(Cl)c1cscn1. The van der Waals surface area contributed by atoms with Gasteiger partial charge in [-0.3, -0.25) is 5.41 Å². The Balaban J connectivity index is 2.93. The first-order chi connectivity index (χ1) is 3.80. The fourth-order valence-electron chi connectivity index (χ4n) is 0.321. The summed E-state index contributed by atoms with van der Waals surface area (Å²) in [6, 6.07) is 0. The molecule has 0 unspecified atom stereocenters. The molecule has 1 N–H and O–H groups in total. The van der Waals surface area contributed by atoms with E-state index in [1.165, 1.54) is 11.3 Å². The van der Waals surface area contributed by atoms with Gasteiger partial charge in [-0.25, -0.2) is 4.98 Å². The molecule has 1 aromatic heterocycles. The maximum atomic E-state index is 6.86. The second-order valence-corrected chi connectivity index (χ2v) is 2.28. The number of rotatable bonds is 1. The summed E-state index contributed by atoms with van der Waals surface area (Å²) in [6.45, 7) is 0. The van der Waals surface area contributed by atoms with Crippen molar-refractivity contribution < 1.29 is 0 Å². The zero-order chi connectivity index (χ0) is 5.98. The van der Waals surface area contributed by atoms with Crippen molar-refractivity contribution in [2.45, 2.75) is 0 Å². The molecule has 1 rings (SSSR count). The normalized spacial score (nSPS) is 9.12. The quantitative estimate of drug-likeness (QED) is 0.602. The van der Waals surface area contributed by atoms with E-state index in [4.69, 9.17) is 17.0 Å². The van der Waals surface area contributed by atoms with Gasteiger partial charge in [0.1, 0.15) is 10.9 Å². The van der Waals surface area contributed by atoms with Gasteiger partial charge in [0.15, 0.2) is 0 Å². The van der Waals surface area contributed by atoms with E-state index in [2.05, 4.69) is 4.98 Å². The van der Waals surface area contributed by atoms with Crippen LogP contribution >= 0.6 is 22.9 Å². The van der Waals surface area contributed by atoms with E-state index in [1.807, 2.05) is 0 Å². The molecule has 0 aliphatic carbocycles. The third kappa shape index (κ3) is 1.05. The van der Waals surface area contributed by atoms with Gasteiger partial charge in [-0.05, 0) is 0 Å². The fourth-order valence-corrected chi connectivity index (χ4v) is 1.03.